The van der Waals surface area contributed by atoms with Crippen molar-refractivity contribution in [3.8, 4) is 0 Å². The summed E-state index contributed by atoms with van der Waals surface area (Å²) in [6.07, 6.45) is 2.19. The van der Waals surface area contributed by atoms with Gasteiger partial charge in [-0.1, -0.05) is 35.3 Å². The first-order valence-corrected chi connectivity index (χ1v) is 10.7. The summed E-state index contributed by atoms with van der Waals surface area (Å²) in [7, 11) is 0. The molecule has 1 aliphatic heterocycles. The number of hydrogen-bond acceptors (Lipinski definition) is 4. The van der Waals surface area contributed by atoms with Gasteiger partial charge in [0.25, 0.3) is 5.91 Å². The molecule has 0 atom stereocenters. The van der Waals surface area contributed by atoms with Crippen LogP contribution in [0, 0.1) is 0 Å². The van der Waals surface area contributed by atoms with Crippen LogP contribution in [-0.2, 0) is 16.1 Å². The Morgan fingerprint density at radius 3 is 2.57 bits per heavy atom. The van der Waals surface area contributed by atoms with Crippen molar-refractivity contribution in [2.24, 2.45) is 4.99 Å². The van der Waals surface area contributed by atoms with Crippen LogP contribution in [0.15, 0.2) is 59.0 Å². The zero-order valence-corrected chi connectivity index (χ0v) is 17.9. The summed E-state index contributed by atoms with van der Waals surface area (Å²) in [6, 6.07) is 11.6. The molecule has 6 nitrogen and oxygen atoms in total. The third kappa shape index (κ3) is 4.23. The molecule has 1 aliphatic rings. The van der Waals surface area contributed by atoms with E-state index < -0.39 is 5.91 Å². The predicted octanol–water partition coefficient (Wildman–Crippen LogP) is 4.30. The lowest BCUT2D eigenvalue weighted by atomic mass is 10.2. The SMILES string of the molecule is O=C(N=c1sccn1Cc1ccc(Cl)cc1Cl)c1cccc(N2C(=O)CCC2=O)c1. The van der Waals surface area contributed by atoms with Crippen LogP contribution in [0.1, 0.15) is 28.8 Å². The second kappa shape index (κ2) is 8.55. The number of hydrogen-bond donors (Lipinski definition) is 0. The summed E-state index contributed by atoms with van der Waals surface area (Å²) in [5.41, 5.74) is 1.53. The second-order valence-corrected chi connectivity index (χ2v) is 8.36. The molecule has 2 aromatic carbocycles. The Morgan fingerprint density at radius 1 is 1.07 bits per heavy atom. The number of anilines is 1. The molecular formula is C21H15Cl2N3O3S. The lowest BCUT2D eigenvalue weighted by Gasteiger charge is -2.14. The molecule has 152 valence electrons. The van der Waals surface area contributed by atoms with Crippen LogP contribution in [0.25, 0.3) is 0 Å². The molecule has 2 heterocycles. The number of rotatable bonds is 4. The molecule has 9 heteroatoms. The Labute approximate surface area is 186 Å². The van der Waals surface area contributed by atoms with Crippen molar-refractivity contribution in [1.29, 1.82) is 0 Å². The van der Waals surface area contributed by atoms with Crippen LogP contribution in [0.3, 0.4) is 0 Å². The fraction of sp³-hybridized carbons (Fsp3) is 0.143. The van der Waals surface area contributed by atoms with Crippen molar-refractivity contribution in [3.63, 3.8) is 0 Å². The van der Waals surface area contributed by atoms with Gasteiger partial charge < -0.3 is 4.57 Å². The predicted molar refractivity (Wildman–Crippen MR) is 116 cm³/mol. The van der Waals surface area contributed by atoms with E-state index in [-0.39, 0.29) is 24.7 Å². The molecule has 1 aromatic heterocycles. The summed E-state index contributed by atoms with van der Waals surface area (Å²) >= 11 is 13.5. The highest BCUT2D eigenvalue weighted by atomic mass is 35.5. The van der Waals surface area contributed by atoms with Crippen LogP contribution in [0.5, 0.6) is 0 Å². The molecule has 30 heavy (non-hydrogen) atoms. The summed E-state index contributed by atoms with van der Waals surface area (Å²) < 4.78 is 1.81. The van der Waals surface area contributed by atoms with Gasteiger partial charge in [0.1, 0.15) is 0 Å². The zero-order chi connectivity index (χ0) is 21.3. The Morgan fingerprint density at radius 2 is 1.83 bits per heavy atom. The molecule has 0 N–H and O–H groups in total. The number of amides is 3. The van der Waals surface area contributed by atoms with E-state index in [4.69, 9.17) is 23.2 Å². The molecular weight excluding hydrogens is 445 g/mol. The molecule has 1 saturated heterocycles. The minimum atomic E-state index is -0.464. The number of thiazole rings is 1. The average molecular weight is 460 g/mol. The van der Waals surface area contributed by atoms with E-state index in [0.29, 0.717) is 32.6 Å². The van der Waals surface area contributed by atoms with Crippen LogP contribution < -0.4 is 9.70 Å². The van der Waals surface area contributed by atoms with Gasteiger partial charge in [-0.2, -0.15) is 4.99 Å². The van der Waals surface area contributed by atoms with E-state index in [0.717, 1.165) is 10.5 Å². The fourth-order valence-electron chi connectivity index (χ4n) is 3.13. The van der Waals surface area contributed by atoms with E-state index in [1.807, 2.05) is 22.2 Å². The Kier molecular flexibility index (Phi) is 5.85. The number of carbonyl (C=O) groups is 3. The summed E-state index contributed by atoms with van der Waals surface area (Å²) in [4.78, 5) is 42.5. The van der Waals surface area contributed by atoms with Crippen LogP contribution >= 0.6 is 34.5 Å². The molecule has 0 unspecified atom stereocenters. The maximum atomic E-state index is 12.8. The van der Waals surface area contributed by atoms with Gasteiger partial charge in [0, 0.05) is 40.0 Å². The molecule has 0 spiro atoms. The Hall–Kier alpha value is -2.74. The average Bonchev–Trinajstić information content (AvgIpc) is 3.29. The highest BCUT2D eigenvalue weighted by Gasteiger charge is 2.30. The highest BCUT2D eigenvalue weighted by Crippen LogP contribution is 2.24. The van der Waals surface area contributed by atoms with Crippen molar-refractivity contribution in [2.75, 3.05) is 4.90 Å². The van der Waals surface area contributed by atoms with Crippen molar-refractivity contribution >= 4 is 57.9 Å². The van der Waals surface area contributed by atoms with E-state index in [2.05, 4.69) is 4.99 Å². The van der Waals surface area contributed by atoms with E-state index in [1.165, 1.54) is 17.4 Å². The topological polar surface area (TPSA) is 71.7 Å². The third-order valence-electron chi connectivity index (χ3n) is 4.62. The maximum absolute atomic E-state index is 12.8. The first kappa shape index (κ1) is 20.5. The summed E-state index contributed by atoms with van der Waals surface area (Å²) in [6.45, 7) is 0.433. The monoisotopic (exact) mass is 459 g/mol. The normalized spacial score (nSPS) is 14.6. The summed E-state index contributed by atoms with van der Waals surface area (Å²) in [5, 5.41) is 2.91. The number of carbonyl (C=O) groups excluding carboxylic acids is 3. The van der Waals surface area contributed by atoms with Gasteiger partial charge in [0.15, 0.2) is 4.80 Å². The van der Waals surface area contributed by atoms with Gasteiger partial charge in [-0.05, 0) is 35.9 Å². The third-order valence-corrected chi connectivity index (χ3v) is 6.00. The van der Waals surface area contributed by atoms with Crippen molar-refractivity contribution in [2.45, 2.75) is 19.4 Å². The largest absolute Gasteiger partial charge is 0.319 e. The van der Waals surface area contributed by atoms with E-state index in [9.17, 15) is 14.4 Å². The standard InChI is InChI=1S/C21H15Cl2N3O3S/c22-15-5-4-14(17(23)11-15)12-25-8-9-30-21(25)24-20(29)13-2-1-3-16(10-13)26-18(27)6-7-19(26)28/h1-5,8-11H,6-7,12H2. The second-order valence-electron chi connectivity index (χ2n) is 6.64. The Bertz CT molecular complexity index is 1220. The minimum absolute atomic E-state index is 0.184. The van der Waals surface area contributed by atoms with Crippen molar-refractivity contribution < 1.29 is 14.4 Å². The number of aromatic nitrogens is 1. The van der Waals surface area contributed by atoms with Gasteiger partial charge in [-0.25, -0.2) is 0 Å². The highest BCUT2D eigenvalue weighted by molar-refractivity contribution is 7.07. The fourth-order valence-corrected chi connectivity index (χ4v) is 4.33. The molecule has 3 amide bonds. The first-order valence-electron chi connectivity index (χ1n) is 9.05. The van der Waals surface area contributed by atoms with Crippen molar-refractivity contribution in [3.05, 3.63) is 80.0 Å². The molecule has 0 saturated carbocycles. The van der Waals surface area contributed by atoms with E-state index >= 15 is 0 Å². The number of halogens is 2. The lowest BCUT2D eigenvalue weighted by molar-refractivity contribution is -0.121. The first-order chi connectivity index (χ1) is 14.4. The van der Waals surface area contributed by atoms with Gasteiger partial charge in [0.2, 0.25) is 11.8 Å². The maximum Gasteiger partial charge on any atom is 0.279 e. The molecule has 0 radical (unpaired) electrons. The molecule has 0 bridgehead atoms. The smallest absolute Gasteiger partial charge is 0.279 e. The quantitative estimate of drug-likeness (QED) is 0.545. The van der Waals surface area contributed by atoms with Gasteiger partial charge in [-0.15, -0.1) is 11.3 Å². The molecule has 0 aliphatic carbocycles. The Balaban J connectivity index is 1.61. The number of benzene rings is 2. The lowest BCUT2D eigenvalue weighted by Crippen LogP contribution is -2.28. The molecule has 3 aromatic rings. The van der Waals surface area contributed by atoms with Gasteiger partial charge >= 0.3 is 0 Å². The van der Waals surface area contributed by atoms with Gasteiger partial charge in [0.05, 0.1) is 12.2 Å². The van der Waals surface area contributed by atoms with Gasteiger partial charge in [-0.3, -0.25) is 19.3 Å². The van der Waals surface area contributed by atoms with Crippen molar-refractivity contribution in [1.82, 2.24) is 4.57 Å². The minimum Gasteiger partial charge on any atom is -0.319 e. The van der Waals surface area contributed by atoms with Crippen LogP contribution in [0.4, 0.5) is 5.69 Å². The van der Waals surface area contributed by atoms with Crippen LogP contribution in [-0.4, -0.2) is 22.3 Å². The molecule has 4 rings (SSSR count). The zero-order valence-electron chi connectivity index (χ0n) is 15.5. The van der Waals surface area contributed by atoms with Crippen LogP contribution in [0.2, 0.25) is 10.0 Å². The molecule has 1 fully saturated rings. The summed E-state index contributed by atoms with van der Waals surface area (Å²) in [5.74, 6) is -0.996. The number of nitrogens with zero attached hydrogens (tertiary/aromatic N) is 3. The van der Waals surface area contributed by atoms with E-state index in [1.54, 1.807) is 30.3 Å². The number of imide groups is 1.